The Balaban J connectivity index is 1.58. The van der Waals surface area contributed by atoms with Crippen LogP contribution in [0.1, 0.15) is 51.4 Å². The van der Waals surface area contributed by atoms with Crippen molar-refractivity contribution in [1.82, 2.24) is 10.2 Å². The molecule has 30 heavy (non-hydrogen) atoms. The van der Waals surface area contributed by atoms with E-state index in [4.69, 9.17) is 30.4 Å². The average molecular weight is 425 g/mol. The van der Waals surface area contributed by atoms with Gasteiger partial charge in [-0.15, -0.1) is 0 Å². The molecule has 0 aromatic heterocycles. The lowest BCUT2D eigenvalue weighted by atomic mass is 9.73. The fraction of sp³-hybridized carbons (Fsp3) is 0.909. The molecule has 0 saturated carbocycles. The van der Waals surface area contributed by atoms with E-state index >= 15 is 0 Å². The Morgan fingerprint density at radius 2 is 1.67 bits per heavy atom. The van der Waals surface area contributed by atoms with Crippen LogP contribution in [0.4, 0.5) is 0 Å². The van der Waals surface area contributed by atoms with Crippen LogP contribution in [0, 0.1) is 5.41 Å². The monoisotopic (exact) mass is 424 g/mol. The van der Waals surface area contributed by atoms with Gasteiger partial charge in [-0.25, -0.2) is 0 Å². The second kappa shape index (κ2) is 10.3. The van der Waals surface area contributed by atoms with Crippen molar-refractivity contribution in [3.63, 3.8) is 0 Å². The third-order valence-electron chi connectivity index (χ3n) is 6.97. The van der Waals surface area contributed by atoms with Crippen molar-refractivity contribution in [3.8, 4) is 0 Å². The van der Waals surface area contributed by atoms with Crippen molar-refractivity contribution < 1.29 is 18.9 Å². The Morgan fingerprint density at radius 3 is 2.40 bits per heavy atom. The zero-order chi connectivity index (χ0) is 20.9. The number of hydrogen-bond donors (Lipinski definition) is 3. The number of nitrogens with one attached hydrogen (secondary N) is 1. The molecule has 1 spiro atoms. The molecule has 172 valence electrons. The summed E-state index contributed by atoms with van der Waals surface area (Å²) < 4.78 is 25.3. The molecule has 8 heteroatoms. The molecule has 4 heterocycles. The minimum absolute atomic E-state index is 0.0833. The lowest BCUT2D eigenvalue weighted by Gasteiger charge is -2.59. The molecule has 0 aromatic rings. The van der Waals surface area contributed by atoms with Gasteiger partial charge in [0.05, 0.1) is 25.2 Å². The van der Waals surface area contributed by atoms with Crippen LogP contribution in [0.3, 0.4) is 0 Å². The van der Waals surface area contributed by atoms with Gasteiger partial charge in [0.2, 0.25) is 0 Å². The maximum Gasteiger partial charge on any atom is 0.158 e. The highest BCUT2D eigenvalue weighted by Gasteiger charge is 2.59. The maximum absolute atomic E-state index is 6.76. The standard InChI is InChI=1S/C22H40N4O4/c23-10-4-7-18-27-15-21(16-28-18)17-29-19(8-5-11-24)30-20(21)22-9-2-1-3-13-26(22)14-6-12-25-22/h3,13,18-20,25H,1-2,4-12,14-17,23-24H2. The second-order valence-corrected chi connectivity index (χ2v) is 9.21. The van der Waals surface area contributed by atoms with Gasteiger partial charge < -0.3 is 35.3 Å². The van der Waals surface area contributed by atoms with Crippen LogP contribution < -0.4 is 16.8 Å². The summed E-state index contributed by atoms with van der Waals surface area (Å²) in [6.45, 7) is 5.07. The third-order valence-corrected chi connectivity index (χ3v) is 6.97. The molecule has 4 aliphatic rings. The summed E-state index contributed by atoms with van der Waals surface area (Å²) in [5.41, 5.74) is 10.8. The van der Waals surface area contributed by atoms with E-state index in [2.05, 4.69) is 22.5 Å². The zero-order valence-electron chi connectivity index (χ0n) is 18.2. The van der Waals surface area contributed by atoms with Gasteiger partial charge in [-0.05, 0) is 77.2 Å². The molecule has 5 N–H and O–H groups in total. The molecule has 4 aliphatic heterocycles. The number of nitrogens with zero attached hydrogens (tertiary/aromatic N) is 1. The molecular formula is C22H40N4O4. The molecule has 0 amide bonds. The summed E-state index contributed by atoms with van der Waals surface area (Å²) in [6, 6.07) is 0. The van der Waals surface area contributed by atoms with E-state index in [1.54, 1.807) is 0 Å². The van der Waals surface area contributed by atoms with Crippen LogP contribution in [-0.2, 0) is 18.9 Å². The molecular weight excluding hydrogens is 384 g/mol. The largest absolute Gasteiger partial charge is 0.358 e. The summed E-state index contributed by atoms with van der Waals surface area (Å²) >= 11 is 0. The average Bonchev–Trinajstić information content (AvgIpc) is 3.01. The summed E-state index contributed by atoms with van der Waals surface area (Å²) in [4.78, 5) is 2.47. The predicted octanol–water partition coefficient (Wildman–Crippen LogP) is 1.25. The maximum atomic E-state index is 6.76. The highest BCUT2D eigenvalue weighted by Crippen LogP contribution is 2.46. The number of rotatable bonds is 7. The first-order valence-corrected chi connectivity index (χ1v) is 11.8. The first-order chi connectivity index (χ1) is 14.7. The molecule has 3 unspecified atom stereocenters. The number of fused-ring (bicyclic) bond motifs is 1. The molecule has 0 aromatic carbocycles. The van der Waals surface area contributed by atoms with Gasteiger partial charge in [-0.2, -0.15) is 0 Å². The van der Waals surface area contributed by atoms with Crippen molar-refractivity contribution in [2.45, 2.75) is 75.7 Å². The Labute approximate surface area is 180 Å². The van der Waals surface area contributed by atoms with E-state index in [1.165, 1.54) is 0 Å². The highest BCUT2D eigenvalue weighted by molar-refractivity contribution is 5.11. The number of allylic oxidation sites excluding steroid dienone is 1. The summed E-state index contributed by atoms with van der Waals surface area (Å²) in [7, 11) is 0. The van der Waals surface area contributed by atoms with Crippen LogP contribution in [0.15, 0.2) is 12.3 Å². The van der Waals surface area contributed by atoms with Crippen molar-refractivity contribution >= 4 is 0 Å². The minimum atomic E-state index is -0.334. The minimum Gasteiger partial charge on any atom is -0.358 e. The molecule has 0 bridgehead atoms. The van der Waals surface area contributed by atoms with Gasteiger partial charge in [0.25, 0.3) is 0 Å². The Bertz CT molecular complexity index is 561. The molecule has 8 nitrogen and oxygen atoms in total. The Hall–Kier alpha value is -0.740. The third kappa shape index (κ3) is 4.55. The van der Waals surface area contributed by atoms with Gasteiger partial charge in [-0.1, -0.05) is 6.08 Å². The van der Waals surface area contributed by atoms with Crippen molar-refractivity contribution in [2.75, 3.05) is 46.0 Å². The van der Waals surface area contributed by atoms with Crippen LogP contribution >= 0.6 is 0 Å². The second-order valence-electron chi connectivity index (χ2n) is 9.21. The lowest BCUT2D eigenvalue weighted by Crippen LogP contribution is -2.75. The fourth-order valence-corrected chi connectivity index (χ4v) is 5.38. The topological polar surface area (TPSA) is 104 Å². The number of nitrogens with two attached hydrogens (primary N) is 2. The van der Waals surface area contributed by atoms with E-state index in [1.807, 2.05) is 0 Å². The normalized spacial score (nSPS) is 39.7. The van der Waals surface area contributed by atoms with Gasteiger partial charge in [0.15, 0.2) is 12.6 Å². The van der Waals surface area contributed by atoms with E-state index in [0.29, 0.717) is 32.9 Å². The molecule has 4 rings (SSSR count). The predicted molar refractivity (Wildman–Crippen MR) is 114 cm³/mol. The van der Waals surface area contributed by atoms with Gasteiger partial charge >= 0.3 is 0 Å². The van der Waals surface area contributed by atoms with Crippen LogP contribution in [0.25, 0.3) is 0 Å². The molecule has 3 saturated heterocycles. The summed E-state index contributed by atoms with van der Waals surface area (Å²) in [6.07, 6.45) is 11.9. The van der Waals surface area contributed by atoms with E-state index < -0.39 is 0 Å². The first-order valence-electron chi connectivity index (χ1n) is 11.8. The summed E-state index contributed by atoms with van der Waals surface area (Å²) in [5, 5.41) is 3.88. The van der Waals surface area contributed by atoms with Gasteiger partial charge in [-0.3, -0.25) is 5.32 Å². The Morgan fingerprint density at radius 1 is 0.967 bits per heavy atom. The first kappa shape index (κ1) is 22.5. The van der Waals surface area contributed by atoms with Gasteiger partial charge in [0, 0.05) is 6.54 Å². The molecule has 0 radical (unpaired) electrons. The van der Waals surface area contributed by atoms with Crippen LogP contribution in [0.2, 0.25) is 0 Å². The van der Waals surface area contributed by atoms with E-state index in [-0.39, 0.29) is 29.8 Å². The summed E-state index contributed by atoms with van der Waals surface area (Å²) in [5.74, 6) is 0. The van der Waals surface area contributed by atoms with Crippen molar-refractivity contribution in [1.29, 1.82) is 0 Å². The fourth-order valence-electron chi connectivity index (χ4n) is 5.38. The van der Waals surface area contributed by atoms with Crippen molar-refractivity contribution in [2.24, 2.45) is 16.9 Å². The lowest BCUT2D eigenvalue weighted by molar-refractivity contribution is -0.351. The van der Waals surface area contributed by atoms with Crippen LogP contribution in [0.5, 0.6) is 0 Å². The van der Waals surface area contributed by atoms with E-state index in [0.717, 1.165) is 64.5 Å². The smallest absolute Gasteiger partial charge is 0.158 e. The Kier molecular flexibility index (Phi) is 7.67. The zero-order valence-corrected chi connectivity index (χ0v) is 18.2. The number of hydrogen-bond acceptors (Lipinski definition) is 8. The number of ether oxygens (including phenoxy) is 4. The van der Waals surface area contributed by atoms with Gasteiger partial charge in [0.1, 0.15) is 11.8 Å². The van der Waals surface area contributed by atoms with E-state index in [9.17, 15) is 0 Å². The molecule has 0 aliphatic carbocycles. The SMILES string of the molecule is NCCCC1OCC2(CO1)COC(CCCN)OC2C12CCCC=CN1CCCN2. The highest BCUT2D eigenvalue weighted by atomic mass is 16.7. The molecule has 3 atom stereocenters. The quantitative estimate of drug-likeness (QED) is 0.561. The van der Waals surface area contributed by atoms with Crippen LogP contribution in [-0.4, -0.2) is 75.2 Å². The molecule has 3 fully saturated rings. The van der Waals surface area contributed by atoms with Crippen molar-refractivity contribution in [3.05, 3.63) is 12.3 Å².